The topological polar surface area (TPSA) is 87.5 Å². The van der Waals surface area contributed by atoms with Gasteiger partial charge in [0.05, 0.1) is 16.3 Å². The summed E-state index contributed by atoms with van der Waals surface area (Å²) in [7, 11) is 0. The number of H-pyrrole nitrogens is 1. The van der Waals surface area contributed by atoms with E-state index < -0.39 is 24.1 Å². The van der Waals surface area contributed by atoms with E-state index in [-0.39, 0.29) is 33.4 Å². The van der Waals surface area contributed by atoms with Crippen molar-refractivity contribution in [2.24, 2.45) is 0 Å². The molecule has 1 aromatic carbocycles. The summed E-state index contributed by atoms with van der Waals surface area (Å²) in [6.07, 6.45) is -4.33. The van der Waals surface area contributed by atoms with Gasteiger partial charge in [0.2, 0.25) is 0 Å². The molecule has 0 aliphatic heterocycles. The van der Waals surface area contributed by atoms with Crippen LogP contribution in [0.3, 0.4) is 0 Å². The Balaban J connectivity index is 1.94. The second kappa shape index (κ2) is 7.44. The summed E-state index contributed by atoms with van der Waals surface area (Å²) >= 11 is 6.00. The van der Waals surface area contributed by atoms with Crippen molar-refractivity contribution >= 4 is 11.6 Å². The summed E-state index contributed by atoms with van der Waals surface area (Å²) in [5, 5.41) is 9.38. The van der Waals surface area contributed by atoms with Crippen molar-refractivity contribution in [2.75, 3.05) is 0 Å². The molecule has 0 spiro atoms. The van der Waals surface area contributed by atoms with Crippen molar-refractivity contribution in [3.05, 3.63) is 47.1 Å². The molecule has 6 nitrogen and oxygen atoms in total. The fraction of sp³-hybridized carbons (Fsp3) is 0.176. The van der Waals surface area contributed by atoms with Crippen molar-refractivity contribution < 1.29 is 22.3 Å². The van der Waals surface area contributed by atoms with Crippen LogP contribution in [-0.4, -0.2) is 32.2 Å². The van der Waals surface area contributed by atoms with Crippen LogP contribution in [0.2, 0.25) is 5.02 Å². The highest BCUT2D eigenvalue weighted by Gasteiger charge is 2.38. The van der Waals surface area contributed by atoms with Crippen molar-refractivity contribution in [2.45, 2.75) is 19.2 Å². The monoisotopic (exact) mass is 411 g/mol. The Morgan fingerprint density at radius 2 is 1.93 bits per heavy atom. The second-order valence-corrected chi connectivity index (χ2v) is 5.98. The SMILES string of the molecule is CC(Oc1ncc(-c2[nH]c(-c3c(F)cccc3Cl)nc2C#N)cn1)C(F)(F)F. The van der Waals surface area contributed by atoms with E-state index >= 15 is 0 Å². The van der Waals surface area contributed by atoms with Crippen LogP contribution < -0.4 is 4.74 Å². The lowest BCUT2D eigenvalue weighted by Crippen LogP contribution is -2.31. The molecule has 28 heavy (non-hydrogen) atoms. The zero-order chi connectivity index (χ0) is 20.5. The zero-order valence-corrected chi connectivity index (χ0v) is 14.8. The van der Waals surface area contributed by atoms with Gasteiger partial charge in [-0.2, -0.15) is 18.4 Å². The lowest BCUT2D eigenvalue weighted by Gasteiger charge is -2.15. The number of halogens is 5. The summed E-state index contributed by atoms with van der Waals surface area (Å²) < 4.78 is 56.3. The highest BCUT2D eigenvalue weighted by Crippen LogP contribution is 2.32. The second-order valence-electron chi connectivity index (χ2n) is 5.57. The highest BCUT2D eigenvalue weighted by molar-refractivity contribution is 6.33. The lowest BCUT2D eigenvalue weighted by molar-refractivity contribution is -0.190. The Morgan fingerprint density at radius 3 is 2.50 bits per heavy atom. The molecule has 1 N–H and O–H groups in total. The van der Waals surface area contributed by atoms with E-state index in [9.17, 15) is 22.8 Å². The fourth-order valence-corrected chi connectivity index (χ4v) is 2.49. The van der Waals surface area contributed by atoms with Gasteiger partial charge in [-0.25, -0.2) is 19.3 Å². The van der Waals surface area contributed by atoms with Crippen molar-refractivity contribution in [3.8, 4) is 34.7 Å². The van der Waals surface area contributed by atoms with Gasteiger partial charge in [0.1, 0.15) is 17.7 Å². The zero-order valence-electron chi connectivity index (χ0n) is 14.1. The third-order valence-corrected chi connectivity index (χ3v) is 3.98. The molecule has 0 aliphatic rings. The first-order valence-electron chi connectivity index (χ1n) is 7.71. The van der Waals surface area contributed by atoms with Gasteiger partial charge in [0, 0.05) is 18.0 Å². The molecular weight excluding hydrogens is 402 g/mol. The molecule has 2 aromatic heterocycles. The van der Waals surface area contributed by atoms with Gasteiger partial charge in [0.25, 0.3) is 0 Å². The van der Waals surface area contributed by atoms with Gasteiger partial charge < -0.3 is 9.72 Å². The first-order valence-corrected chi connectivity index (χ1v) is 8.08. The Hall–Kier alpha value is -3.19. The van der Waals surface area contributed by atoms with Crippen LogP contribution in [0.4, 0.5) is 17.6 Å². The Labute approximate surface area is 160 Å². The molecule has 144 valence electrons. The number of aromatic amines is 1. The molecule has 11 heteroatoms. The highest BCUT2D eigenvalue weighted by atomic mass is 35.5. The standard InChI is InChI=1S/C17H10ClF4N5O/c1-8(17(20,21)22)28-16-24-6-9(7-25-16)14-12(5-23)26-15(27-14)13-10(18)3-2-4-11(13)19/h2-4,6-8H,1H3,(H,26,27). The lowest BCUT2D eigenvalue weighted by atomic mass is 10.2. The Morgan fingerprint density at radius 1 is 1.25 bits per heavy atom. The molecule has 0 fully saturated rings. The van der Waals surface area contributed by atoms with Gasteiger partial charge in [-0.1, -0.05) is 17.7 Å². The molecule has 0 bridgehead atoms. The number of aromatic nitrogens is 4. The van der Waals surface area contributed by atoms with Crippen LogP contribution in [0.5, 0.6) is 6.01 Å². The summed E-state index contributed by atoms with van der Waals surface area (Å²) in [4.78, 5) is 14.2. The maximum Gasteiger partial charge on any atom is 0.425 e. The molecule has 0 saturated heterocycles. The minimum absolute atomic E-state index is 0.0145. The number of hydrogen-bond acceptors (Lipinski definition) is 5. The van der Waals surface area contributed by atoms with Gasteiger partial charge in [-0.05, 0) is 19.1 Å². The van der Waals surface area contributed by atoms with Gasteiger partial charge in [0.15, 0.2) is 11.8 Å². The van der Waals surface area contributed by atoms with E-state index in [4.69, 9.17) is 11.6 Å². The van der Waals surface area contributed by atoms with E-state index in [1.54, 1.807) is 0 Å². The Bertz CT molecular complexity index is 1020. The summed E-state index contributed by atoms with van der Waals surface area (Å²) in [5.41, 5.74) is 0.295. The smallest absolute Gasteiger partial charge is 0.425 e. The summed E-state index contributed by atoms with van der Waals surface area (Å²) in [5.74, 6) is -0.626. The van der Waals surface area contributed by atoms with E-state index in [1.807, 2.05) is 6.07 Å². The number of hydrogen-bond donors (Lipinski definition) is 1. The van der Waals surface area contributed by atoms with Crippen LogP contribution in [0, 0.1) is 17.1 Å². The molecule has 0 saturated carbocycles. The maximum absolute atomic E-state index is 14.1. The normalized spacial score (nSPS) is 12.5. The van der Waals surface area contributed by atoms with Crippen LogP contribution in [0.15, 0.2) is 30.6 Å². The van der Waals surface area contributed by atoms with Crippen LogP contribution in [0.25, 0.3) is 22.6 Å². The molecule has 2 heterocycles. The number of alkyl halides is 3. The molecule has 0 radical (unpaired) electrons. The number of rotatable bonds is 4. The average Bonchev–Trinajstić information content (AvgIpc) is 3.05. The fourth-order valence-electron chi connectivity index (χ4n) is 2.24. The third kappa shape index (κ3) is 3.89. The molecule has 0 aliphatic carbocycles. The molecule has 1 unspecified atom stereocenters. The molecular formula is C17H10ClF4N5O. The van der Waals surface area contributed by atoms with Crippen LogP contribution in [-0.2, 0) is 0 Å². The largest absolute Gasteiger partial charge is 0.451 e. The van der Waals surface area contributed by atoms with E-state index in [0.717, 1.165) is 19.3 Å². The van der Waals surface area contributed by atoms with Crippen LogP contribution in [0.1, 0.15) is 12.6 Å². The number of ether oxygens (including phenoxy) is 1. The number of imidazole rings is 1. The molecule has 3 aromatic rings. The molecule has 3 rings (SSSR count). The van der Waals surface area contributed by atoms with Gasteiger partial charge in [-0.15, -0.1) is 0 Å². The van der Waals surface area contributed by atoms with Crippen molar-refractivity contribution in [1.29, 1.82) is 5.26 Å². The predicted molar refractivity (Wildman–Crippen MR) is 90.9 cm³/mol. The van der Waals surface area contributed by atoms with E-state index in [0.29, 0.717) is 0 Å². The quantitative estimate of drug-likeness (QED) is 0.637. The third-order valence-electron chi connectivity index (χ3n) is 3.67. The first kappa shape index (κ1) is 19.6. The number of nitriles is 1. The Kier molecular flexibility index (Phi) is 5.20. The van der Waals surface area contributed by atoms with Gasteiger partial charge >= 0.3 is 12.2 Å². The van der Waals surface area contributed by atoms with Crippen LogP contribution >= 0.6 is 11.6 Å². The summed E-state index contributed by atoms with van der Waals surface area (Å²) in [6.45, 7) is 0.824. The molecule has 1 atom stereocenters. The number of benzene rings is 1. The van der Waals surface area contributed by atoms with Crippen molar-refractivity contribution in [3.63, 3.8) is 0 Å². The maximum atomic E-state index is 14.1. The minimum Gasteiger partial charge on any atom is -0.451 e. The van der Waals surface area contributed by atoms with Gasteiger partial charge in [-0.3, -0.25) is 0 Å². The number of nitrogens with one attached hydrogen (secondary N) is 1. The average molecular weight is 412 g/mol. The predicted octanol–water partition coefficient (Wildman–Crippen LogP) is 4.53. The van der Waals surface area contributed by atoms with Crippen molar-refractivity contribution in [1.82, 2.24) is 19.9 Å². The number of nitrogens with zero attached hydrogens (tertiary/aromatic N) is 4. The van der Waals surface area contributed by atoms with E-state index in [1.165, 1.54) is 18.2 Å². The summed E-state index contributed by atoms with van der Waals surface area (Å²) in [6, 6.07) is 5.44. The van der Waals surface area contributed by atoms with E-state index in [2.05, 4.69) is 24.7 Å². The minimum atomic E-state index is -4.56. The molecule has 0 amide bonds. The first-order chi connectivity index (χ1) is 13.2.